The van der Waals surface area contributed by atoms with Crippen LogP contribution in [0.25, 0.3) is 11.4 Å². The minimum atomic E-state index is -0.725. The van der Waals surface area contributed by atoms with E-state index in [0.29, 0.717) is 31.2 Å². The summed E-state index contributed by atoms with van der Waals surface area (Å²) in [6, 6.07) is 8.96. The first kappa shape index (κ1) is 22.5. The van der Waals surface area contributed by atoms with Crippen molar-refractivity contribution in [3.63, 3.8) is 0 Å². The third-order valence-electron chi connectivity index (χ3n) is 5.57. The summed E-state index contributed by atoms with van der Waals surface area (Å²) in [5, 5.41) is 5.49. The summed E-state index contributed by atoms with van der Waals surface area (Å²) in [5.74, 6) is -0.0294. The number of likely N-dealkylation sites (N-methyl/N-ethyl adjacent to an activating group) is 1. The number of benzene rings is 1. The normalized spacial score (nSPS) is 14.9. The third kappa shape index (κ3) is 4.78. The molecule has 2 N–H and O–H groups in total. The smallest absolute Gasteiger partial charge is 0.272 e. The van der Waals surface area contributed by atoms with Gasteiger partial charge >= 0.3 is 0 Å². The van der Waals surface area contributed by atoms with Crippen molar-refractivity contribution in [1.82, 2.24) is 25.1 Å². The number of hydrogen-bond donors (Lipinski definition) is 2. The molecule has 0 saturated heterocycles. The van der Waals surface area contributed by atoms with Gasteiger partial charge in [0.15, 0.2) is 5.69 Å². The minimum absolute atomic E-state index is 0.0415. The first-order chi connectivity index (χ1) is 14.6. The number of carbonyl (C=O) groups is 3. The van der Waals surface area contributed by atoms with Crippen LogP contribution in [-0.2, 0) is 22.7 Å². The Morgan fingerprint density at radius 3 is 2.35 bits per heavy atom. The molecule has 3 amide bonds. The average Bonchev–Trinajstić information content (AvgIpc) is 2.93. The Bertz CT molecular complexity index is 975. The Hall–Kier alpha value is -3.16. The molecule has 0 fully saturated rings. The molecular weight excluding hydrogens is 394 g/mol. The van der Waals surface area contributed by atoms with Gasteiger partial charge in [0.2, 0.25) is 11.8 Å². The summed E-state index contributed by atoms with van der Waals surface area (Å²) >= 11 is 0. The average molecular weight is 426 g/mol. The van der Waals surface area contributed by atoms with E-state index in [1.54, 1.807) is 11.9 Å². The summed E-state index contributed by atoms with van der Waals surface area (Å²) < 4.78 is 2.03. The maximum Gasteiger partial charge on any atom is 0.272 e. The zero-order chi connectivity index (χ0) is 22.8. The van der Waals surface area contributed by atoms with E-state index in [1.807, 2.05) is 55.7 Å². The number of aromatic nitrogens is 2. The molecule has 1 aromatic heterocycles. The van der Waals surface area contributed by atoms with Gasteiger partial charge in [0.05, 0.1) is 12.2 Å². The van der Waals surface area contributed by atoms with Crippen molar-refractivity contribution < 1.29 is 14.4 Å². The SMILES string of the molecule is CNC(=O)C(NC(=O)c1nc(-c2ccccc2)n2c1CN(C(C)=O)CCC2)C(C)(C)C. The highest BCUT2D eigenvalue weighted by Crippen LogP contribution is 2.27. The molecule has 2 heterocycles. The fourth-order valence-electron chi connectivity index (χ4n) is 3.84. The van der Waals surface area contributed by atoms with Crippen LogP contribution in [0.2, 0.25) is 0 Å². The number of fused-ring (bicyclic) bond motifs is 1. The Kier molecular flexibility index (Phi) is 6.48. The lowest BCUT2D eigenvalue weighted by atomic mass is 9.86. The lowest BCUT2D eigenvalue weighted by Crippen LogP contribution is -2.53. The Morgan fingerprint density at radius 2 is 1.77 bits per heavy atom. The Labute approximate surface area is 183 Å². The van der Waals surface area contributed by atoms with Gasteiger partial charge in [-0.3, -0.25) is 14.4 Å². The summed E-state index contributed by atoms with van der Waals surface area (Å²) in [6.45, 7) is 8.80. The molecule has 0 saturated carbocycles. The second-order valence-corrected chi connectivity index (χ2v) is 8.93. The zero-order valence-corrected chi connectivity index (χ0v) is 18.9. The molecule has 0 radical (unpaired) electrons. The molecular formula is C23H31N5O3. The molecule has 1 unspecified atom stereocenters. The molecule has 166 valence electrons. The number of imidazole rings is 1. The van der Waals surface area contributed by atoms with E-state index in [2.05, 4.69) is 10.6 Å². The topological polar surface area (TPSA) is 96.3 Å². The summed E-state index contributed by atoms with van der Waals surface area (Å²) in [7, 11) is 1.55. The quantitative estimate of drug-likeness (QED) is 0.785. The maximum absolute atomic E-state index is 13.4. The number of hydrogen-bond acceptors (Lipinski definition) is 4. The van der Waals surface area contributed by atoms with Crippen LogP contribution in [0.1, 0.15) is 50.3 Å². The minimum Gasteiger partial charge on any atom is -0.357 e. The number of nitrogens with zero attached hydrogens (tertiary/aromatic N) is 3. The third-order valence-corrected chi connectivity index (χ3v) is 5.57. The summed E-state index contributed by atoms with van der Waals surface area (Å²) in [6.07, 6.45) is 0.771. The molecule has 2 aromatic rings. The highest BCUT2D eigenvalue weighted by Gasteiger charge is 2.35. The molecule has 1 aliphatic rings. The van der Waals surface area contributed by atoms with Crippen molar-refractivity contribution in [3.05, 3.63) is 41.7 Å². The number of rotatable bonds is 4. The van der Waals surface area contributed by atoms with Gasteiger partial charge in [-0.1, -0.05) is 51.1 Å². The number of carbonyl (C=O) groups excluding carboxylic acids is 3. The van der Waals surface area contributed by atoms with E-state index in [0.717, 1.165) is 12.0 Å². The molecule has 8 heteroatoms. The lowest BCUT2D eigenvalue weighted by molar-refractivity contribution is -0.129. The number of amides is 3. The van der Waals surface area contributed by atoms with E-state index in [9.17, 15) is 14.4 Å². The van der Waals surface area contributed by atoms with Crippen LogP contribution in [0.4, 0.5) is 0 Å². The van der Waals surface area contributed by atoms with Crippen LogP contribution in [0.3, 0.4) is 0 Å². The van der Waals surface area contributed by atoms with E-state index in [-0.39, 0.29) is 17.5 Å². The first-order valence-corrected chi connectivity index (χ1v) is 10.6. The molecule has 1 atom stereocenters. The van der Waals surface area contributed by atoms with Crippen molar-refractivity contribution in [1.29, 1.82) is 0 Å². The first-order valence-electron chi connectivity index (χ1n) is 10.6. The highest BCUT2D eigenvalue weighted by atomic mass is 16.2. The molecule has 31 heavy (non-hydrogen) atoms. The van der Waals surface area contributed by atoms with Gasteiger partial charge in [-0.2, -0.15) is 0 Å². The van der Waals surface area contributed by atoms with E-state index < -0.39 is 17.4 Å². The van der Waals surface area contributed by atoms with Gasteiger partial charge in [0, 0.05) is 32.6 Å². The van der Waals surface area contributed by atoms with Gasteiger partial charge < -0.3 is 20.1 Å². The van der Waals surface area contributed by atoms with Gasteiger partial charge in [-0.05, 0) is 11.8 Å². The zero-order valence-electron chi connectivity index (χ0n) is 18.9. The number of nitrogens with one attached hydrogen (secondary N) is 2. The molecule has 0 aliphatic carbocycles. The van der Waals surface area contributed by atoms with Gasteiger partial charge in [0.25, 0.3) is 5.91 Å². The van der Waals surface area contributed by atoms with Gasteiger partial charge in [-0.15, -0.1) is 0 Å². The summed E-state index contributed by atoms with van der Waals surface area (Å²) in [4.78, 5) is 44.3. The second-order valence-electron chi connectivity index (χ2n) is 8.93. The van der Waals surface area contributed by atoms with Crippen molar-refractivity contribution in [3.8, 4) is 11.4 Å². The van der Waals surface area contributed by atoms with Crippen LogP contribution in [-0.4, -0.2) is 51.8 Å². The van der Waals surface area contributed by atoms with E-state index in [4.69, 9.17) is 4.98 Å². The predicted molar refractivity (Wildman–Crippen MR) is 118 cm³/mol. The second kappa shape index (κ2) is 8.91. The molecule has 1 aromatic carbocycles. The van der Waals surface area contributed by atoms with Gasteiger partial charge in [0.1, 0.15) is 11.9 Å². The summed E-state index contributed by atoms with van der Waals surface area (Å²) in [5.41, 5.74) is 1.36. The van der Waals surface area contributed by atoms with Crippen molar-refractivity contribution in [2.45, 2.75) is 53.2 Å². The van der Waals surface area contributed by atoms with Gasteiger partial charge in [-0.25, -0.2) is 4.98 Å². The van der Waals surface area contributed by atoms with E-state index in [1.165, 1.54) is 6.92 Å². The molecule has 1 aliphatic heterocycles. The van der Waals surface area contributed by atoms with Crippen LogP contribution in [0.5, 0.6) is 0 Å². The molecule has 3 rings (SSSR count). The Morgan fingerprint density at radius 1 is 1.10 bits per heavy atom. The molecule has 0 bridgehead atoms. The standard InChI is InChI=1S/C23H31N5O3/c1-15(29)27-12-9-13-28-17(14-27)18(25-20(28)16-10-7-6-8-11-16)21(30)26-19(22(31)24-5)23(2,3)4/h6-8,10-11,19H,9,12-14H2,1-5H3,(H,24,31)(H,26,30). The van der Waals surface area contributed by atoms with Crippen LogP contribution < -0.4 is 10.6 Å². The highest BCUT2D eigenvalue weighted by molar-refractivity contribution is 5.98. The molecule has 0 spiro atoms. The predicted octanol–water partition coefficient (Wildman–Crippen LogP) is 2.19. The van der Waals surface area contributed by atoms with Crippen LogP contribution >= 0.6 is 0 Å². The van der Waals surface area contributed by atoms with Crippen LogP contribution in [0, 0.1) is 5.41 Å². The largest absolute Gasteiger partial charge is 0.357 e. The monoisotopic (exact) mass is 425 g/mol. The maximum atomic E-state index is 13.4. The lowest BCUT2D eigenvalue weighted by Gasteiger charge is -2.29. The molecule has 8 nitrogen and oxygen atoms in total. The van der Waals surface area contributed by atoms with Crippen molar-refractivity contribution >= 4 is 17.7 Å². The fraction of sp³-hybridized carbons (Fsp3) is 0.478. The van der Waals surface area contributed by atoms with Crippen molar-refractivity contribution in [2.24, 2.45) is 5.41 Å². The Balaban J connectivity index is 2.07. The van der Waals surface area contributed by atoms with Crippen LogP contribution in [0.15, 0.2) is 30.3 Å². The fourth-order valence-corrected chi connectivity index (χ4v) is 3.84. The van der Waals surface area contributed by atoms with E-state index >= 15 is 0 Å². The van der Waals surface area contributed by atoms with Crippen molar-refractivity contribution in [2.75, 3.05) is 13.6 Å².